The van der Waals surface area contributed by atoms with E-state index in [1.807, 2.05) is 0 Å². The zero-order valence-electron chi connectivity index (χ0n) is 22.0. The Labute approximate surface area is 233 Å². The van der Waals surface area contributed by atoms with Crippen LogP contribution in [0.4, 0.5) is 0 Å². The minimum Gasteiger partial charge on any atom is -0.315 e. The first-order valence-electron chi connectivity index (χ1n) is 14.2. The molecule has 0 unspecified atom stereocenters. The molecule has 11 rings (SSSR count). The molecule has 11 aromatic rings. The van der Waals surface area contributed by atoms with E-state index in [4.69, 9.17) is 0 Å². The molecule has 5 aromatic heterocycles. The molecule has 188 valence electrons. The first-order valence-corrected chi connectivity index (χ1v) is 14.2. The van der Waals surface area contributed by atoms with E-state index in [1.54, 1.807) is 0 Å². The Kier molecular flexibility index (Phi) is 3.37. The molecule has 0 aliphatic rings. The first kappa shape index (κ1) is 20.4. The van der Waals surface area contributed by atoms with Crippen molar-refractivity contribution in [2.24, 2.45) is 0 Å². The average molecular weight is 520 g/mol. The second kappa shape index (κ2) is 6.78. The Balaban J connectivity index is 1.37. The van der Waals surface area contributed by atoms with Gasteiger partial charge in [0, 0.05) is 60.4 Å². The van der Waals surface area contributed by atoms with Gasteiger partial charge in [-0.25, -0.2) is 0 Å². The maximum atomic E-state index is 2.48. The van der Waals surface area contributed by atoms with Crippen LogP contribution >= 0.6 is 0 Å². The van der Waals surface area contributed by atoms with Crippen LogP contribution in [0, 0.1) is 0 Å². The Morgan fingerprint density at radius 3 is 1.83 bits per heavy atom. The lowest BCUT2D eigenvalue weighted by Crippen LogP contribution is -1.93. The van der Waals surface area contributed by atoms with Crippen LogP contribution in [-0.2, 0) is 0 Å². The van der Waals surface area contributed by atoms with Gasteiger partial charge in [0.1, 0.15) is 0 Å². The SMILES string of the molecule is c1ccc(-n2c3ccccc3c3cc4c5cc6c7cccc8c9ccccc9n(c6cc5n5ccc(c32)c45)c87)cc1. The highest BCUT2D eigenvalue weighted by Gasteiger charge is 2.23. The number of benzene rings is 6. The van der Waals surface area contributed by atoms with Gasteiger partial charge in [-0.2, -0.15) is 0 Å². The maximum Gasteiger partial charge on any atom is 0.0635 e. The predicted molar refractivity (Wildman–Crippen MR) is 173 cm³/mol. The van der Waals surface area contributed by atoms with Crippen LogP contribution in [0.25, 0.3) is 92.8 Å². The van der Waals surface area contributed by atoms with Crippen molar-refractivity contribution in [3.8, 4) is 5.69 Å². The van der Waals surface area contributed by atoms with Crippen molar-refractivity contribution in [1.29, 1.82) is 0 Å². The van der Waals surface area contributed by atoms with Crippen molar-refractivity contribution >= 4 is 87.1 Å². The summed E-state index contributed by atoms with van der Waals surface area (Å²) in [6.07, 6.45) is 2.27. The third kappa shape index (κ3) is 2.23. The number of nitrogens with zero attached hydrogens (tertiary/aromatic N) is 3. The van der Waals surface area contributed by atoms with Crippen LogP contribution in [0.5, 0.6) is 0 Å². The summed E-state index contributed by atoms with van der Waals surface area (Å²) >= 11 is 0. The molecule has 0 bridgehead atoms. The van der Waals surface area contributed by atoms with Gasteiger partial charge in [0.25, 0.3) is 0 Å². The van der Waals surface area contributed by atoms with Crippen molar-refractivity contribution in [3.05, 3.63) is 128 Å². The summed E-state index contributed by atoms with van der Waals surface area (Å²) < 4.78 is 7.33. The topological polar surface area (TPSA) is 13.8 Å². The molecule has 41 heavy (non-hydrogen) atoms. The lowest BCUT2D eigenvalue weighted by atomic mass is 10.0. The normalized spacial score (nSPS) is 12.9. The van der Waals surface area contributed by atoms with Gasteiger partial charge in [-0.15, -0.1) is 0 Å². The highest BCUT2D eigenvalue weighted by Crippen LogP contribution is 2.45. The number of fused-ring (bicyclic) bond motifs is 13. The summed E-state index contributed by atoms with van der Waals surface area (Å²) in [5, 5.41) is 11.8. The van der Waals surface area contributed by atoms with Crippen LogP contribution in [0.15, 0.2) is 128 Å². The van der Waals surface area contributed by atoms with Crippen LogP contribution in [-0.4, -0.2) is 13.4 Å². The fourth-order valence-electron chi connectivity index (χ4n) is 7.92. The Morgan fingerprint density at radius 2 is 0.976 bits per heavy atom. The maximum absolute atomic E-state index is 2.48. The van der Waals surface area contributed by atoms with Crippen molar-refractivity contribution in [2.45, 2.75) is 0 Å². The molecule has 0 fully saturated rings. The monoisotopic (exact) mass is 519 g/mol. The number of rotatable bonds is 1. The van der Waals surface area contributed by atoms with E-state index in [-0.39, 0.29) is 0 Å². The summed E-state index contributed by atoms with van der Waals surface area (Å²) in [6.45, 7) is 0. The molecule has 0 amide bonds. The molecule has 5 heterocycles. The van der Waals surface area contributed by atoms with Crippen LogP contribution in [0.1, 0.15) is 0 Å². The third-order valence-corrected chi connectivity index (χ3v) is 9.50. The van der Waals surface area contributed by atoms with Crippen LogP contribution in [0.2, 0.25) is 0 Å². The van der Waals surface area contributed by atoms with Crippen molar-refractivity contribution in [1.82, 2.24) is 13.4 Å². The minimum atomic E-state index is 1.19. The van der Waals surface area contributed by atoms with E-state index in [0.717, 1.165) is 0 Å². The molecule has 0 saturated carbocycles. The highest BCUT2D eigenvalue weighted by molar-refractivity contribution is 6.30. The number of hydrogen-bond donors (Lipinski definition) is 0. The highest BCUT2D eigenvalue weighted by atomic mass is 15.0. The molecule has 0 N–H and O–H groups in total. The molecule has 0 aliphatic carbocycles. The molecule has 0 aliphatic heterocycles. The predicted octanol–water partition coefficient (Wildman–Crippen LogP) is 9.93. The van der Waals surface area contributed by atoms with Gasteiger partial charge >= 0.3 is 0 Å². The zero-order valence-corrected chi connectivity index (χ0v) is 22.0. The second-order valence-corrected chi connectivity index (χ2v) is 11.4. The van der Waals surface area contributed by atoms with Crippen molar-refractivity contribution in [3.63, 3.8) is 0 Å². The first-order chi connectivity index (χ1) is 20.4. The standard InChI is InChI=1S/C38H21N3/c1-2-9-22(10-3-1)40-32-15-6-5-12-24(32)30-20-31-29-19-28-26-14-8-13-25-23-11-4-7-16-33(23)41(37(25)26)35(28)21-34(29)39-18-17-27(36(31)39)38(30)40/h1-21H. The van der Waals surface area contributed by atoms with E-state index in [2.05, 4.69) is 141 Å². The van der Waals surface area contributed by atoms with E-state index in [0.29, 0.717) is 0 Å². The van der Waals surface area contributed by atoms with E-state index in [1.165, 1.54) is 92.8 Å². The minimum absolute atomic E-state index is 1.19. The second-order valence-electron chi connectivity index (χ2n) is 11.4. The lowest BCUT2D eigenvalue weighted by Gasteiger charge is -2.08. The van der Waals surface area contributed by atoms with E-state index < -0.39 is 0 Å². The van der Waals surface area contributed by atoms with E-state index >= 15 is 0 Å². The van der Waals surface area contributed by atoms with Gasteiger partial charge in [-0.1, -0.05) is 72.8 Å². The molecule has 0 radical (unpaired) electrons. The van der Waals surface area contributed by atoms with E-state index in [9.17, 15) is 0 Å². The van der Waals surface area contributed by atoms with Gasteiger partial charge in [-0.3, -0.25) is 0 Å². The Hall–Kier alpha value is -5.54. The average Bonchev–Trinajstić information content (AvgIpc) is 3.82. The third-order valence-electron chi connectivity index (χ3n) is 9.50. The fourth-order valence-corrected chi connectivity index (χ4v) is 7.92. The van der Waals surface area contributed by atoms with Gasteiger partial charge < -0.3 is 13.4 Å². The van der Waals surface area contributed by atoms with Crippen molar-refractivity contribution in [2.75, 3.05) is 0 Å². The van der Waals surface area contributed by atoms with Gasteiger partial charge in [-0.05, 0) is 48.5 Å². The largest absolute Gasteiger partial charge is 0.315 e. The smallest absolute Gasteiger partial charge is 0.0635 e. The summed E-state index contributed by atoms with van der Waals surface area (Å²) in [5.74, 6) is 0. The number of hydrogen-bond acceptors (Lipinski definition) is 0. The summed E-state index contributed by atoms with van der Waals surface area (Å²) in [6, 6.07) is 44.8. The summed E-state index contributed by atoms with van der Waals surface area (Å²) in [5.41, 5.74) is 10.1. The molecule has 3 nitrogen and oxygen atoms in total. The summed E-state index contributed by atoms with van der Waals surface area (Å²) in [4.78, 5) is 0. The lowest BCUT2D eigenvalue weighted by molar-refractivity contribution is 1.19. The van der Waals surface area contributed by atoms with Gasteiger partial charge in [0.05, 0.1) is 38.6 Å². The molecular formula is C38H21N3. The molecule has 0 saturated heterocycles. The Morgan fingerprint density at radius 1 is 0.341 bits per heavy atom. The summed E-state index contributed by atoms with van der Waals surface area (Å²) in [7, 11) is 0. The molecule has 0 spiro atoms. The quantitative estimate of drug-likeness (QED) is 0.205. The number of para-hydroxylation sites is 4. The Bertz CT molecular complexity index is 2840. The van der Waals surface area contributed by atoms with Crippen LogP contribution < -0.4 is 0 Å². The number of aromatic nitrogens is 3. The zero-order chi connectivity index (χ0) is 26.4. The molecular weight excluding hydrogens is 498 g/mol. The molecule has 6 aromatic carbocycles. The van der Waals surface area contributed by atoms with Gasteiger partial charge in [0.15, 0.2) is 0 Å². The van der Waals surface area contributed by atoms with Gasteiger partial charge in [0.2, 0.25) is 0 Å². The van der Waals surface area contributed by atoms with Crippen LogP contribution in [0.3, 0.4) is 0 Å². The molecule has 3 heteroatoms. The molecule has 0 atom stereocenters. The fraction of sp³-hybridized carbons (Fsp3) is 0. The van der Waals surface area contributed by atoms with Crippen molar-refractivity contribution < 1.29 is 0 Å².